The molecule has 8 heteroatoms. The van der Waals surface area contributed by atoms with Crippen molar-refractivity contribution in [2.24, 2.45) is 0 Å². The van der Waals surface area contributed by atoms with Crippen LogP contribution in [0.25, 0.3) is 0 Å². The Kier molecular flexibility index (Phi) is 2.77. The minimum atomic E-state index is -5.37. The Bertz CT molecular complexity index is 384. The van der Waals surface area contributed by atoms with E-state index in [1.54, 1.807) is 0 Å². The number of hydrogen-bond donors (Lipinski definition) is 1. The number of aromatic hydroxyl groups is 1. The highest BCUT2D eigenvalue weighted by Gasteiger charge is 2.41. The van der Waals surface area contributed by atoms with Crippen molar-refractivity contribution in [1.82, 2.24) is 0 Å². The van der Waals surface area contributed by atoms with E-state index in [-0.39, 0.29) is 0 Å². The molecule has 0 aliphatic rings. The molecule has 1 aromatic carbocycles. The van der Waals surface area contributed by atoms with Crippen LogP contribution in [-0.4, -0.2) is 5.11 Å². The van der Waals surface area contributed by atoms with Crippen LogP contribution in [0.4, 0.5) is 26.3 Å². The number of alkyl halides is 3. The fraction of sp³-hybridized carbons (Fsp3) is 0.143. The third-order valence-electron chi connectivity index (χ3n) is 1.53. The van der Waals surface area contributed by atoms with Gasteiger partial charge in [0.25, 0.3) is 0 Å². The van der Waals surface area contributed by atoms with Crippen LogP contribution in [0, 0.1) is 17.5 Å². The van der Waals surface area contributed by atoms with E-state index in [0.717, 1.165) is 0 Å². The summed E-state index contributed by atoms with van der Waals surface area (Å²) >= 11 is 4.83. The summed E-state index contributed by atoms with van der Waals surface area (Å²) in [5.41, 5.74) is -2.33. The minimum Gasteiger partial charge on any atom is -0.506 e. The second-order valence-electron chi connectivity index (χ2n) is 2.48. The van der Waals surface area contributed by atoms with Crippen molar-refractivity contribution in [2.45, 2.75) is 6.18 Å². The molecule has 0 atom stereocenters. The maximum atomic E-state index is 12.6. The lowest BCUT2D eigenvalue weighted by Crippen LogP contribution is -2.11. The van der Waals surface area contributed by atoms with Crippen molar-refractivity contribution < 1.29 is 31.4 Å². The van der Waals surface area contributed by atoms with Crippen molar-refractivity contribution in [1.29, 1.82) is 0 Å². The lowest BCUT2D eigenvalue weighted by Gasteiger charge is -2.12. The van der Waals surface area contributed by atoms with Crippen LogP contribution in [0.2, 0.25) is 5.02 Å². The lowest BCUT2D eigenvalue weighted by atomic mass is 10.1. The fourth-order valence-corrected chi connectivity index (χ4v) is 1.06. The largest absolute Gasteiger partial charge is 0.506 e. The second kappa shape index (κ2) is 3.48. The van der Waals surface area contributed by atoms with E-state index in [9.17, 15) is 26.3 Å². The standard InChI is InChI=1S/C7HClF6O/c8-2-4(10)5(11)3(9)1(6(2)15)7(12,13)14/h15H. The molecule has 0 amide bonds. The number of rotatable bonds is 0. The first-order valence-corrected chi connectivity index (χ1v) is 3.67. The number of hydrogen-bond acceptors (Lipinski definition) is 1. The van der Waals surface area contributed by atoms with Gasteiger partial charge in [0.05, 0.1) is 0 Å². The van der Waals surface area contributed by atoms with Gasteiger partial charge >= 0.3 is 6.18 Å². The predicted octanol–water partition coefficient (Wildman–Crippen LogP) is 3.48. The molecule has 84 valence electrons. The lowest BCUT2D eigenvalue weighted by molar-refractivity contribution is -0.141. The first kappa shape index (κ1) is 12.0. The Morgan fingerprint density at radius 1 is 0.933 bits per heavy atom. The minimum absolute atomic E-state index is 1.51. The maximum Gasteiger partial charge on any atom is 0.422 e. The molecule has 0 aromatic heterocycles. The van der Waals surface area contributed by atoms with Gasteiger partial charge in [-0.25, -0.2) is 13.2 Å². The number of phenols is 1. The van der Waals surface area contributed by atoms with Crippen molar-refractivity contribution in [2.75, 3.05) is 0 Å². The van der Waals surface area contributed by atoms with Gasteiger partial charge in [-0.3, -0.25) is 0 Å². The van der Waals surface area contributed by atoms with E-state index in [1.807, 2.05) is 0 Å². The van der Waals surface area contributed by atoms with Crippen LogP contribution in [-0.2, 0) is 6.18 Å². The summed E-state index contributed by atoms with van der Waals surface area (Å²) in [6, 6.07) is 0. The van der Waals surface area contributed by atoms with Crippen molar-refractivity contribution in [3.05, 3.63) is 28.0 Å². The monoisotopic (exact) mass is 250 g/mol. The summed E-state index contributed by atoms with van der Waals surface area (Å²) in [5.74, 6) is -8.85. The Labute approximate surface area is 83.9 Å². The van der Waals surface area contributed by atoms with Crippen LogP contribution < -0.4 is 0 Å². The summed E-state index contributed by atoms with van der Waals surface area (Å²) in [5, 5.41) is 7.21. The van der Waals surface area contributed by atoms with Gasteiger partial charge in [0.2, 0.25) is 0 Å². The number of phenolic OH excluding ortho intramolecular Hbond substituents is 1. The van der Waals surface area contributed by atoms with Gasteiger partial charge in [-0.05, 0) is 0 Å². The quantitative estimate of drug-likeness (QED) is 0.425. The third kappa shape index (κ3) is 1.83. The van der Waals surface area contributed by atoms with Gasteiger partial charge in [0, 0.05) is 0 Å². The molecule has 1 rings (SSSR count). The first-order valence-electron chi connectivity index (χ1n) is 3.30. The van der Waals surface area contributed by atoms with Gasteiger partial charge < -0.3 is 5.11 Å². The van der Waals surface area contributed by atoms with Crippen molar-refractivity contribution in [3.63, 3.8) is 0 Å². The summed E-state index contributed by atoms with van der Waals surface area (Å²) < 4.78 is 73.9. The van der Waals surface area contributed by atoms with E-state index in [4.69, 9.17) is 16.7 Å². The third-order valence-corrected chi connectivity index (χ3v) is 1.87. The van der Waals surface area contributed by atoms with Crippen molar-refractivity contribution >= 4 is 11.6 Å². The number of halogens is 7. The smallest absolute Gasteiger partial charge is 0.422 e. The summed E-state index contributed by atoms with van der Waals surface area (Å²) in [6.45, 7) is 0. The average Bonchev–Trinajstić information content (AvgIpc) is 2.09. The molecular formula is C7HClF6O. The zero-order chi connectivity index (χ0) is 12.0. The zero-order valence-electron chi connectivity index (χ0n) is 6.59. The molecule has 0 saturated heterocycles. The summed E-state index contributed by atoms with van der Waals surface area (Å²) in [7, 11) is 0. The molecule has 0 aliphatic heterocycles. The highest BCUT2D eigenvalue weighted by atomic mass is 35.5. The highest BCUT2D eigenvalue weighted by molar-refractivity contribution is 6.32. The Morgan fingerprint density at radius 2 is 1.40 bits per heavy atom. The molecule has 1 nitrogen and oxygen atoms in total. The molecule has 1 aromatic rings. The molecule has 0 heterocycles. The van der Waals surface area contributed by atoms with Gasteiger partial charge in [0.1, 0.15) is 10.6 Å². The zero-order valence-corrected chi connectivity index (χ0v) is 7.35. The number of benzene rings is 1. The van der Waals surface area contributed by atoms with Gasteiger partial charge in [-0.2, -0.15) is 13.2 Å². The highest BCUT2D eigenvalue weighted by Crippen LogP contribution is 2.43. The molecule has 0 fully saturated rings. The maximum absolute atomic E-state index is 12.6. The summed E-state index contributed by atoms with van der Waals surface area (Å²) in [4.78, 5) is 0. The van der Waals surface area contributed by atoms with Gasteiger partial charge in [-0.15, -0.1) is 0 Å². The molecule has 15 heavy (non-hydrogen) atoms. The van der Waals surface area contributed by atoms with Crippen LogP contribution in [0.3, 0.4) is 0 Å². The van der Waals surface area contributed by atoms with E-state index < -0.39 is 40.0 Å². The second-order valence-corrected chi connectivity index (χ2v) is 2.86. The Hall–Kier alpha value is -1.11. The van der Waals surface area contributed by atoms with Gasteiger partial charge in [-0.1, -0.05) is 11.6 Å². The van der Waals surface area contributed by atoms with Crippen LogP contribution >= 0.6 is 11.6 Å². The fourth-order valence-electron chi connectivity index (χ4n) is 0.879. The molecule has 0 aliphatic carbocycles. The van der Waals surface area contributed by atoms with E-state index in [2.05, 4.69) is 0 Å². The SMILES string of the molecule is Oc1c(Cl)c(F)c(F)c(F)c1C(F)(F)F. The molecular weight excluding hydrogens is 250 g/mol. The molecule has 0 saturated carbocycles. The van der Waals surface area contributed by atoms with Crippen LogP contribution in [0.5, 0.6) is 5.75 Å². The normalized spacial score (nSPS) is 11.9. The predicted molar refractivity (Wildman–Crippen MR) is 38.0 cm³/mol. The Balaban J connectivity index is 3.68. The van der Waals surface area contributed by atoms with Crippen LogP contribution in [0.15, 0.2) is 0 Å². The van der Waals surface area contributed by atoms with Crippen LogP contribution in [0.1, 0.15) is 5.56 Å². The Morgan fingerprint density at radius 3 is 1.80 bits per heavy atom. The first-order chi connectivity index (χ1) is 6.68. The van der Waals surface area contributed by atoms with E-state index in [0.29, 0.717) is 0 Å². The topological polar surface area (TPSA) is 20.2 Å². The summed E-state index contributed by atoms with van der Waals surface area (Å²) in [6.07, 6.45) is -5.37. The molecule has 1 N–H and O–H groups in total. The van der Waals surface area contributed by atoms with Crippen molar-refractivity contribution in [3.8, 4) is 5.75 Å². The van der Waals surface area contributed by atoms with E-state index >= 15 is 0 Å². The molecule has 0 radical (unpaired) electrons. The molecule has 0 unspecified atom stereocenters. The van der Waals surface area contributed by atoms with E-state index in [1.165, 1.54) is 0 Å². The molecule has 0 bridgehead atoms. The average molecular weight is 251 g/mol. The van der Waals surface area contributed by atoms with Gasteiger partial charge in [0.15, 0.2) is 23.2 Å². The molecule has 0 spiro atoms.